The van der Waals surface area contributed by atoms with Gasteiger partial charge in [0, 0.05) is 10.7 Å². The molecule has 0 unspecified atom stereocenters. The van der Waals surface area contributed by atoms with Crippen LogP contribution in [0.5, 0.6) is 0 Å². The molecule has 0 fully saturated rings. The van der Waals surface area contributed by atoms with E-state index in [1.54, 1.807) is 28.9 Å². The number of nitrogens with zero attached hydrogens (tertiary/aromatic N) is 4. The van der Waals surface area contributed by atoms with Gasteiger partial charge in [0.1, 0.15) is 0 Å². The summed E-state index contributed by atoms with van der Waals surface area (Å²) in [6.07, 6.45) is 0. The fourth-order valence-electron chi connectivity index (χ4n) is 2.36. The van der Waals surface area contributed by atoms with Crippen molar-refractivity contribution in [3.05, 3.63) is 58.6 Å². The quantitative estimate of drug-likeness (QED) is 0.691. The van der Waals surface area contributed by atoms with Gasteiger partial charge in [-0.05, 0) is 71.8 Å². The van der Waals surface area contributed by atoms with Gasteiger partial charge in [-0.2, -0.15) is 4.68 Å². The first-order valence-corrected chi connectivity index (χ1v) is 8.93. The molecule has 0 atom stereocenters. The van der Waals surface area contributed by atoms with Gasteiger partial charge >= 0.3 is 0 Å². The topological polar surface area (TPSA) is 72.7 Å². The first-order valence-electron chi connectivity index (χ1n) is 7.56. The van der Waals surface area contributed by atoms with Gasteiger partial charge < -0.3 is 5.32 Å². The number of hydrogen-bond donors (Lipinski definition) is 1. The highest BCUT2D eigenvalue weighted by Crippen LogP contribution is 2.20. The van der Waals surface area contributed by atoms with Crippen LogP contribution in [0.25, 0.3) is 5.69 Å². The minimum absolute atomic E-state index is 0.137. The lowest BCUT2D eigenvalue weighted by Gasteiger charge is -2.07. The standard InChI is InChI=1S/C17H16ClN5OS/c1-11-7-12(2)9-15(8-11)23-17(20-21-22-23)25-10-16(24)19-14-5-3-13(18)4-6-14/h3-9H,10H2,1-2H3,(H,19,24). The molecule has 0 saturated heterocycles. The first kappa shape index (κ1) is 17.4. The summed E-state index contributed by atoms with van der Waals surface area (Å²) in [5.74, 6) is 0.0654. The molecule has 3 aromatic rings. The predicted octanol–water partition coefficient (Wildman–Crippen LogP) is 3.66. The third-order valence-electron chi connectivity index (χ3n) is 3.35. The minimum atomic E-state index is -0.137. The molecule has 0 aliphatic rings. The van der Waals surface area contributed by atoms with Crippen LogP contribution in [0.2, 0.25) is 5.02 Å². The van der Waals surface area contributed by atoms with Gasteiger partial charge in [0.05, 0.1) is 11.4 Å². The van der Waals surface area contributed by atoms with E-state index in [0.29, 0.717) is 15.9 Å². The minimum Gasteiger partial charge on any atom is -0.325 e. The van der Waals surface area contributed by atoms with Gasteiger partial charge in [-0.25, -0.2) is 0 Å². The molecule has 0 aliphatic carbocycles. The highest BCUT2D eigenvalue weighted by atomic mass is 35.5. The Kier molecular flexibility index (Phi) is 5.35. The van der Waals surface area contributed by atoms with Crippen LogP contribution in [0.15, 0.2) is 47.6 Å². The van der Waals surface area contributed by atoms with Crippen molar-refractivity contribution in [3.8, 4) is 5.69 Å². The predicted molar refractivity (Wildman–Crippen MR) is 99.4 cm³/mol. The molecule has 0 bridgehead atoms. The second-order valence-electron chi connectivity index (χ2n) is 5.56. The molecular weight excluding hydrogens is 358 g/mol. The fraction of sp³-hybridized carbons (Fsp3) is 0.176. The van der Waals surface area contributed by atoms with Gasteiger partial charge in [0.25, 0.3) is 0 Å². The number of anilines is 1. The third-order valence-corrected chi connectivity index (χ3v) is 4.52. The number of tetrazole rings is 1. The zero-order chi connectivity index (χ0) is 17.8. The molecule has 2 aromatic carbocycles. The average molecular weight is 374 g/mol. The van der Waals surface area contributed by atoms with Crippen molar-refractivity contribution in [2.24, 2.45) is 0 Å². The van der Waals surface area contributed by atoms with Crippen LogP contribution in [-0.4, -0.2) is 31.9 Å². The summed E-state index contributed by atoms with van der Waals surface area (Å²) in [5, 5.41) is 15.8. The van der Waals surface area contributed by atoms with Crippen LogP contribution in [0, 0.1) is 13.8 Å². The van der Waals surface area contributed by atoms with E-state index in [2.05, 4.69) is 26.9 Å². The summed E-state index contributed by atoms with van der Waals surface area (Å²) in [4.78, 5) is 12.1. The molecule has 25 heavy (non-hydrogen) atoms. The number of carbonyl (C=O) groups is 1. The highest BCUT2D eigenvalue weighted by molar-refractivity contribution is 7.99. The maximum Gasteiger partial charge on any atom is 0.234 e. The Morgan fingerprint density at radius 2 is 1.84 bits per heavy atom. The molecule has 128 valence electrons. The smallest absolute Gasteiger partial charge is 0.234 e. The summed E-state index contributed by atoms with van der Waals surface area (Å²) in [6, 6.07) is 13.0. The Labute approximate surface area is 154 Å². The Hall–Kier alpha value is -2.38. The number of aromatic nitrogens is 4. The first-order chi connectivity index (χ1) is 12.0. The lowest BCUT2D eigenvalue weighted by Crippen LogP contribution is -2.14. The van der Waals surface area contributed by atoms with E-state index in [-0.39, 0.29) is 11.7 Å². The molecule has 1 N–H and O–H groups in total. The lowest BCUT2D eigenvalue weighted by atomic mass is 10.1. The van der Waals surface area contributed by atoms with Crippen LogP contribution in [0.3, 0.4) is 0 Å². The van der Waals surface area contributed by atoms with Crippen LogP contribution in [0.1, 0.15) is 11.1 Å². The molecule has 6 nitrogen and oxygen atoms in total. The Balaban J connectivity index is 1.67. The van der Waals surface area contributed by atoms with Crippen molar-refractivity contribution < 1.29 is 4.79 Å². The number of carbonyl (C=O) groups excluding carboxylic acids is 1. The van der Waals surface area contributed by atoms with E-state index >= 15 is 0 Å². The van der Waals surface area contributed by atoms with Crippen molar-refractivity contribution in [1.29, 1.82) is 0 Å². The van der Waals surface area contributed by atoms with Crippen LogP contribution in [0.4, 0.5) is 5.69 Å². The molecule has 1 heterocycles. The van der Waals surface area contributed by atoms with E-state index < -0.39 is 0 Å². The fourth-order valence-corrected chi connectivity index (χ4v) is 3.18. The zero-order valence-electron chi connectivity index (χ0n) is 13.7. The van der Waals surface area contributed by atoms with E-state index in [1.807, 2.05) is 26.0 Å². The van der Waals surface area contributed by atoms with E-state index in [9.17, 15) is 4.79 Å². The van der Waals surface area contributed by atoms with E-state index in [1.165, 1.54) is 11.8 Å². The maximum absolute atomic E-state index is 12.1. The number of aryl methyl sites for hydroxylation is 2. The van der Waals surface area contributed by atoms with Gasteiger partial charge in [0.2, 0.25) is 11.1 Å². The molecule has 0 spiro atoms. The van der Waals surface area contributed by atoms with Gasteiger partial charge in [0.15, 0.2) is 0 Å². The maximum atomic E-state index is 12.1. The van der Waals surface area contributed by atoms with E-state index in [0.717, 1.165) is 16.8 Å². The van der Waals surface area contributed by atoms with Gasteiger partial charge in [-0.3, -0.25) is 4.79 Å². The summed E-state index contributed by atoms with van der Waals surface area (Å²) in [6.45, 7) is 4.04. The van der Waals surface area contributed by atoms with Crippen LogP contribution >= 0.6 is 23.4 Å². The normalized spacial score (nSPS) is 10.7. The molecule has 0 aliphatic heterocycles. The Morgan fingerprint density at radius 1 is 1.16 bits per heavy atom. The largest absolute Gasteiger partial charge is 0.325 e. The molecule has 1 amide bonds. The summed E-state index contributed by atoms with van der Waals surface area (Å²) in [5.41, 5.74) is 3.83. The van der Waals surface area contributed by atoms with Gasteiger partial charge in [-0.15, -0.1) is 5.10 Å². The molecular formula is C17H16ClN5OS. The van der Waals surface area contributed by atoms with E-state index in [4.69, 9.17) is 11.6 Å². The second-order valence-corrected chi connectivity index (χ2v) is 6.94. The Morgan fingerprint density at radius 3 is 2.52 bits per heavy atom. The highest BCUT2D eigenvalue weighted by Gasteiger charge is 2.12. The summed E-state index contributed by atoms with van der Waals surface area (Å²) in [7, 11) is 0. The third kappa shape index (κ3) is 4.58. The SMILES string of the molecule is Cc1cc(C)cc(-n2nnnc2SCC(=O)Nc2ccc(Cl)cc2)c1. The number of halogens is 1. The summed E-state index contributed by atoms with van der Waals surface area (Å²) < 4.78 is 1.64. The molecule has 3 rings (SSSR count). The van der Waals surface area contributed by atoms with Crippen molar-refractivity contribution in [3.63, 3.8) is 0 Å². The second kappa shape index (κ2) is 7.67. The number of amides is 1. The van der Waals surface area contributed by atoms with Crippen molar-refractivity contribution in [2.45, 2.75) is 19.0 Å². The number of nitrogens with one attached hydrogen (secondary N) is 1. The van der Waals surface area contributed by atoms with Gasteiger partial charge in [-0.1, -0.05) is 29.4 Å². The van der Waals surface area contributed by atoms with Crippen LogP contribution < -0.4 is 5.32 Å². The molecule has 0 radical (unpaired) electrons. The number of hydrogen-bond acceptors (Lipinski definition) is 5. The summed E-state index contributed by atoms with van der Waals surface area (Å²) >= 11 is 7.11. The van der Waals surface area contributed by atoms with Crippen molar-refractivity contribution in [1.82, 2.24) is 20.2 Å². The average Bonchev–Trinajstić information content (AvgIpc) is 3.03. The number of benzene rings is 2. The zero-order valence-corrected chi connectivity index (χ0v) is 15.3. The Bertz CT molecular complexity index is 874. The number of rotatable bonds is 5. The molecule has 0 saturated carbocycles. The molecule has 1 aromatic heterocycles. The van der Waals surface area contributed by atoms with Crippen LogP contribution in [-0.2, 0) is 4.79 Å². The molecule has 8 heteroatoms. The number of thioether (sulfide) groups is 1. The lowest BCUT2D eigenvalue weighted by molar-refractivity contribution is -0.113. The van der Waals surface area contributed by atoms with Crippen molar-refractivity contribution in [2.75, 3.05) is 11.1 Å². The van der Waals surface area contributed by atoms with Crippen molar-refractivity contribution >= 4 is 35.0 Å². The monoisotopic (exact) mass is 373 g/mol.